The predicted octanol–water partition coefficient (Wildman–Crippen LogP) is 2.46. The summed E-state index contributed by atoms with van der Waals surface area (Å²) in [4.78, 5) is 22.2. The van der Waals surface area contributed by atoms with Crippen LogP contribution in [0.2, 0.25) is 0 Å². The maximum atomic E-state index is 12.0. The van der Waals surface area contributed by atoms with E-state index in [1.54, 1.807) is 25.3 Å². The van der Waals surface area contributed by atoms with Gasteiger partial charge in [0.2, 0.25) is 0 Å². The fraction of sp³-hybridized carbons (Fsp3) is 0.154. The van der Waals surface area contributed by atoms with Crippen LogP contribution in [0.1, 0.15) is 11.1 Å². The minimum absolute atomic E-state index is 0.0901. The minimum atomic E-state index is -0.533. The third kappa shape index (κ3) is 2.88. The SMILES string of the molecule is Cc1cc(Br)cn(Cc2ccc([N+](=O)[O-])c(N)c2)c1=O. The van der Waals surface area contributed by atoms with E-state index in [4.69, 9.17) is 5.73 Å². The zero-order chi connectivity index (χ0) is 14.9. The number of nitrogens with two attached hydrogens (primary N) is 1. The fourth-order valence-electron chi connectivity index (χ4n) is 1.92. The normalized spacial score (nSPS) is 10.5. The van der Waals surface area contributed by atoms with Crippen LogP contribution in [0, 0.1) is 17.0 Å². The molecule has 2 N–H and O–H groups in total. The van der Waals surface area contributed by atoms with E-state index < -0.39 is 4.92 Å². The Morgan fingerprint density at radius 1 is 1.40 bits per heavy atom. The van der Waals surface area contributed by atoms with E-state index >= 15 is 0 Å². The molecule has 0 saturated heterocycles. The van der Waals surface area contributed by atoms with E-state index in [2.05, 4.69) is 15.9 Å². The lowest BCUT2D eigenvalue weighted by atomic mass is 10.1. The van der Waals surface area contributed by atoms with Crippen molar-refractivity contribution >= 4 is 27.3 Å². The smallest absolute Gasteiger partial charge is 0.292 e. The number of hydrogen-bond donors (Lipinski definition) is 1. The molecule has 1 heterocycles. The summed E-state index contributed by atoms with van der Waals surface area (Å²) in [5, 5.41) is 10.7. The molecular formula is C13H12BrN3O3. The number of benzene rings is 1. The first kappa shape index (κ1) is 14.3. The van der Waals surface area contributed by atoms with Crippen LogP contribution in [0.25, 0.3) is 0 Å². The third-order valence-electron chi connectivity index (χ3n) is 2.87. The Bertz CT molecular complexity index is 740. The summed E-state index contributed by atoms with van der Waals surface area (Å²) < 4.78 is 2.32. The standard InChI is InChI=1S/C13H12BrN3O3/c1-8-4-10(14)7-16(13(8)18)6-9-2-3-12(17(19)20)11(15)5-9/h2-5,7H,6,15H2,1H3. The van der Waals surface area contributed by atoms with Crippen LogP contribution < -0.4 is 11.3 Å². The van der Waals surface area contributed by atoms with Gasteiger partial charge in [-0.15, -0.1) is 0 Å². The van der Waals surface area contributed by atoms with Crippen LogP contribution in [-0.4, -0.2) is 9.49 Å². The Morgan fingerprint density at radius 2 is 2.10 bits per heavy atom. The molecule has 2 aromatic rings. The zero-order valence-corrected chi connectivity index (χ0v) is 12.3. The van der Waals surface area contributed by atoms with E-state index in [9.17, 15) is 14.9 Å². The molecule has 0 radical (unpaired) electrons. The van der Waals surface area contributed by atoms with Gasteiger partial charge in [0.15, 0.2) is 0 Å². The number of rotatable bonds is 3. The quantitative estimate of drug-likeness (QED) is 0.529. The molecule has 6 nitrogen and oxygen atoms in total. The molecule has 2 rings (SSSR count). The zero-order valence-electron chi connectivity index (χ0n) is 10.7. The molecule has 0 bridgehead atoms. The lowest BCUT2D eigenvalue weighted by Gasteiger charge is -2.08. The van der Waals surface area contributed by atoms with Crippen molar-refractivity contribution in [2.45, 2.75) is 13.5 Å². The molecule has 1 aromatic heterocycles. The average Bonchev–Trinajstić information content (AvgIpc) is 2.35. The summed E-state index contributed by atoms with van der Waals surface area (Å²) in [7, 11) is 0. The van der Waals surface area contributed by atoms with Crippen LogP contribution in [0.4, 0.5) is 11.4 Å². The maximum Gasteiger partial charge on any atom is 0.292 e. The van der Waals surface area contributed by atoms with Crippen molar-refractivity contribution < 1.29 is 4.92 Å². The van der Waals surface area contributed by atoms with E-state index in [1.165, 1.54) is 16.7 Å². The van der Waals surface area contributed by atoms with Crippen molar-refractivity contribution in [3.8, 4) is 0 Å². The molecule has 104 valence electrons. The van der Waals surface area contributed by atoms with Gasteiger partial charge in [0.05, 0.1) is 11.5 Å². The van der Waals surface area contributed by atoms with E-state index in [-0.39, 0.29) is 16.9 Å². The second-order valence-electron chi connectivity index (χ2n) is 4.42. The van der Waals surface area contributed by atoms with Crippen molar-refractivity contribution in [3.63, 3.8) is 0 Å². The highest BCUT2D eigenvalue weighted by molar-refractivity contribution is 9.10. The first-order valence-electron chi connectivity index (χ1n) is 5.78. The van der Waals surface area contributed by atoms with Crippen LogP contribution >= 0.6 is 15.9 Å². The number of halogens is 1. The predicted molar refractivity (Wildman–Crippen MR) is 79.7 cm³/mol. The Hall–Kier alpha value is -2.15. The lowest BCUT2D eigenvalue weighted by molar-refractivity contribution is -0.383. The monoisotopic (exact) mass is 337 g/mol. The highest BCUT2D eigenvalue weighted by Gasteiger charge is 2.11. The number of nitrogens with zero attached hydrogens (tertiary/aromatic N) is 2. The lowest BCUT2D eigenvalue weighted by Crippen LogP contribution is -2.22. The number of nitro groups is 1. The van der Waals surface area contributed by atoms with E-state index in [0.29, 0.717) is 12.1 Å². The number of anilines is 1. The van der Waals surface area contributed by atoms with Gasteiger partial charge in [0.25, 0.3) is 11.2 Å². The summed E-state index contributed by atoms with van der Waals surface area (Å²) in [6, 6.07) is 6.20. The number of nitrogen functional groups attached to an aromatic ring is 1. The topological polar surface area (TPSA) is 91.2 Å². The fourth-order valence-corrected chi connectivity index (χ4v) is 2.51. The molecule has 0 unspecified atom stereocenters. The Labute approximate surface area is 123 Å². The van der Waals surface area contributed by atoms with E-state index in [1.807, 2.05) is 0 Å². The largest absolute Gasteiger partial charge is 0.393 e. The second kappa shape index (κ2) is 5.46. The van der Waals surface area contributed by atoms with Crippen molar-refractivity contribution in [1.29, 1.82) is 0 Å². The average molecular weight is 338 g/mol. The summed E-state index contributed by atoms with van der Waals surface area (Å²) in [6.07, 6.45) is 1.67. The molecule has 0 aliphatic carbocycles. The third-order valence-corrected chi connectivity index (χ3v) is 3.31. The summed E-state index contributed by atoms with van der Waals surface area (Å²) >= 11 is 3.33. The van der Waals surface area contributed by atoms with Gasteiger partial charge in [-0.2, -0.15) is 0 Å². The molecule has 0 saturated carbocycles. The van der Waals surface area contributed by atoms with Crippen LogP contribution in [0.5, 0.6) is 0 Å². The second-order valence-corrected chi connectivity index (χ2v) is 5.34. The first-order chi connectivity index (χ1) is 9.38. The number of hydrogen-bond acceptors (Lipinski definition) is 4. The van der Waals surface area contributed by atoms with Crippen molar-refractivity contribution in [1.82, 2.24) is 4.57 Å². The van der Waals surface area contributed by atoms with Crippen LogP contribution in [0.3, 0.4) is 0 Å². The van der Waals surface area contributed by atoms with E-state index in [0.717, 1.165) is 10.0 Å². The molecule has 0 amide bonds. The molecule has 0 atom stereocenters. The summed E-state index contributed by atoms with van der Waals surface area (Å²) in [5.74, 6) is 0. The van der Waals surface area contributed by atoms with Gasteiger partial charge in [0, 0.05) is 22.3 Å². The van der Waals surface area contributed by atoms with Crippen LogP contribution in [0.15, 0.2) is 39.7 Å². The van der Waals surface area contributed by atoms with Gasteiger partial charge in [-0.25, -0.2) is 0 Å². The van der Waals surface area contributed by atoms with Gasteiger partial charge in [-0.1, -0.05) is 6.07 Å². The highest BCUT2D eigenvalue weighted by atomic mass is 79.9. The van der Waals surface area contributed by atoms with Crippen molar-refractivity contribution in [3.05, 3.63) is 66.5 Å². The van der Waals surface area contributed by atoms with Gasteiger partial charge in [0.1, 0.15) is 5.69 Å². The first-order valence-corrected chi connectivity index (χ1v) is 6.57. The number of pyridine rings is 1. The molecule has 0 aliphatic heterocycles. The van der Waals surface area contributed by atoms with Gasteiger partial charge in [-0.3, -0.25) is 14.9 Å². The van der Waals surface area contributed by atoms with Crippen molar-refractivity contribution in [2.24, 2.45) is 0 Å². The Morgan fingerprint density at radius 3 is 2.70 bits per heavy atom. The molecule has 20 heavy (non-hydrogen) atoms. The minimum Gasteiger partial charge on any atom is -0.393 e. The highest BCUT2D eigenvalue weighted by Crippen LogP contribution is 2.22. The molecular weight excluding hydrogens is 326 g/mol. The molecule has 0 spiro atoms. The molecule has 7 heteroatoms. The summed E-state index contributed by atoms with van der Waals surface area (Å²) in [6.45, 7) is 2.04. The number of aromatic nitrogens is 1. The number of nitro benzene ring substituents is 1. The van der Waals surface area contributed by atoms with Crippen molar-refractivity contribution in [2.75, 3.05) is 5.73 Å². The van der Waals surface area contributed by atoms with Gasteiger partial charge >= 0.3 is 0 Å². The molecule has 1 aromatic carbocycles. The van der Waals surface area contributed by atoms with Gasteiger partial charge < -0.3 is 10.3 Å². The Kier molecular flexibility index (Phi) is 3.89. The van der Waals surface area contributed by atoms with Crippen LogP contribution in [-0.2, 0) is 6.54 Å². The Balaban J connectivity index is 2.38. The number of aryl methyl sites for hydroxylation is 1. The van der Waals surface area contributed by atoms with Gasteiger partial charge in [-0.05, 0) is 40.5 Å². The summed E-state index contributed by atoms with van der Waals surface area (Å²) in [5.41, 5.74) is 6.84. The molecule has 0 aliphatic rings. The molecule has 0 fully saturated rings. The maximum absolute atomic E-state index is 12.0.